The average molecular weight is 668 g/mol. The minimum Gasteiger partial charge on any atom is -0.390 e. The molecule has 4 rings (SSSR count). The van der Waals surface area contributed by atoms with Gasteiger partial charge in [0.25, 0.3) is 5.91 Å². The standard InChI is InChI=1S/C34H48N4O4.C3H9NO2/c1-23-11-10-16-26(17-23)32(41)35-20-31(40)36-28(18-24-12-6-5-7-13-24)30(39)22-38-21-27-15-9-8-14-25(27)19-29(38)33(42)37-34(2,3)4;1-3(2)6-4-5/h5-7,10-13,16-17,25,27-30,39H,8-9,14-15,18-22H2,1-4H3,(H,35,41)(H,36,40)(H,37,42);3-5H,1-2H3. The van der Waals surface area contributed by atoms with E-state index in [4.69, 9.17) is 5.21 Å². The summed E-state index contributed by atoms with van der Waals surface area (Å²) in [5.74, 6) is 0.352. The van der Waals surface area contributed by atoms with Gasteiger partial charge in [0.05, 0.1) is 30.8 Å². The van der Waals surface area contributed by atoms with Crippen molar-refractivity contribution in [2.24, 2.45) is 11.8 Å². The number of nitrogens with zero attached hydrogens (tertiary/aromatic N) is 1. The summed E-state index contributed by atoms with van der Waals surface area (Å²) in [7, 11) is 0. The summed E-state index contributed by atoms with van der Waals surface area (Å²) >= 11 is 0. The summed E-state index contributed by atoms with van der Waals surface area (Å²) in [6.07, 6.45) is 5.07. The number of nitrogens with one attached hydrogen (secondary N) is 4. The Morgan fingerprint density at radius 1 is 1.00 bits per heavy atom. The third-order valence-electron chi connectivity index (χ3n) is 8.81. The van der Waals surface area contributed by atoms with Crippen LogP contribution in [-0.2, 0) is 20.8 Å². The quantitative estimate of drug-likeness (QED) is 0.187. The van der Waals surface area contributed by atoms with Gasteiger partial charge in [-0.3, -0.25) is 29.3 Å². The predicted molar refractivity (Wildman–Crippen MR) is 186 cm³/mol. The molecule has 1 saturated carbocycles. The van der Waals surface area contributed by atoms with E-state index in [2.05, 4.69) is 25.7 Å². The van der Waals surface area contributed by atoms with Crippen molar-refractivity contribution in [1.29, 1.82) is 0 Å². The molecule has 2 aromatic rings. The van der Waals surface area contributed by atoms with Crippen LogP contribution in [-0.4, -0.2) is 82.4 Å². The lowest BCUT2D eigenvalue weighted by molar-refractivity contribution is -0.152. The van der Waals surface area contributed by atoms with Gasteiger partial charge >= 0.3 is 0 Å². The largest absolute Gasteiger partial charge is 0.390 e. The number of aryl methyl sites for hydroxylation is 1. The van der Waals surface area contributed by atoms with E-state index in [0.717, 1.165) is 36.9 Å². The molecule has 5 atom stereocenters. The number of hydrogen-bond donors (Lipinski definition) is 6. The number of carbonyl (C=O) groups excluding carboxylic acids is 3. The Hall–Kier alpha value is -3.35. The Bertz CT molecular complexity index is 1300. The zero-order valence-electron chi connectivity index (χ0n) is 29.5. The molecule has 2 aliphatic rings. The normalized spacial score (nSPS) is 20.8. The van der Waals surface area contributed by atoms with Crippen molar-refractivity contribution < 1.29 is 29.5 Å². The number of fused-ring (bicyclic) bond motifs is 1. The van der Waals surface area contributed by atoms with Crippen LogP contribution in [0.2, 0.25) is 0 Å². The molecule has 266 valence electrons. The summed E-state index contributed by atoms with van der Waals surface area (Å²) in [6, 6.07) is 16.0. The Morgan fingerprint density at radius 3 is 2.29 bits per heavy atom. The number of likely N-dealkylation sites (tertiary alicyclic amines) is 1. The van der Waals surface area contributed by atoms with Crippen LogP contribution in [0.4, 0.5) is 0 Å². The van der Waals surface area contributed by atoms with Crippen LogP contribution >= 0.6 is 0 Å². The second kappa shape index (κ2) is 19.0. The molecule has 48 heavy (non-hydrogen) atoms. The molecule has 0 spiro atoms. The molecule has 2 aromatic carbocycles. The van der Waals surface area contributed by atoms with E-state index in [1.54, 1.807) is 17.8 Å². The molecular weight excluding hydrogens is 610 g/mol. The number of aliphatic hydroxyl groups is 1. The number of amides is 3. The van der Waals surface area contributed by atoms with Crippen molar-refractivity contribution in [2.75, 3.05) is 19.6 Å². The van der Waals surface area contributed by atoms with Crippen LogP contribution in [0, 0.1) is 18.8 Å². The van der Waals surface area contributed by atoms with E-state index in [9.17, 15) is 19.5 Å². The first kappa shape index (κ1) is 39.1. The highest BCUT2D eigenvalue weighted by Crippen LogP contribution is 2.39. The Balaban J connectivity index is 0.000000952. The lowest BCUT2D eigenvalue weighted by Crippen LogP contribution is -2.60. The van der Waals surface area contributed by atoms with E-state index in [1.807, 2.05) is 84.0 Å². The van der Waals surface area contributed by atoms with Crippen molar-refractivity contribution >= 4 is 17.7 Å². The number of benzene rings is 2. The van der Waals surface area contributed by atoms with Crippen molar-refractivity contribution in [2.45, 2.75) is 110 Å². The van der Waals surface area contributed by atoms with E-state index in [0.29, 0.717) is 23.8 Å². The van der Waals surface area contributed by atoms with Crippen LogP contribution in [0.25, 0.3) is 0 Å². The molecule has 5 unspecified atom stereocenters. The Morgan fingerprint density at radius 2 is 1.69 bits per heavy atom. The van der Waals surface area contributed by atoms with Gasteiger partial charge < -0.3 is 21.1 Å². The van der Waals surface area contributed by atoms with Crippen LogP contribution in [0.1, 0.15) is 88.2 Å². The molecule has 1 heterocycles. The first-order valence-corrected chi connectivity index (χ1v) is 17.2. The number of rotatable bonds is 12. The summed E-state index contributed by atoms with van der Waals surface area (Å²) in [5, 5.41) is 28.2. The lowest BCUT2D eigenvalue weighted by atomic mass is 9.72. The third kappa shape index (κ3) is 13.3. The van der Waals surface area contributed by atoms with E-state index in [1.165, 1.54) is 12.8 Å². The summed E-state index contributed by atoms with van der Waals surface area (Å²) in [6.45, 7) is 12.3. The highest BCUT2D eigenvalue weighted by Gasteiger charge is 2.41. The topological polar surface area (TPSA) is 152 Å². The van der Waals surface area contributed by atoms with Gasteiger partial charge in [-0.2, -0.15) is 0 Å². The minimum absolute atomic E-state index is 0.00114. The maximum absolute atomic E-state index is 13.5. The zero-order chi connectivity index (χ0) is 35.3. The number of carbonyl (C=O) groups is 3. The molecule has 0 radical (unpaired) electrons. The fraction of sp³-hybridized carbons (Fsp3) is 0.595. The molecule has 0 aromatic heterocycles. The highest BCUT2D eigenvalue weighted by molar-refractivity contribution is 5.96. The second-order valence-electron chi connectivity index (χ2n) is 14.5. The van der Waals surface area contributed by atoms with E-state index < -0.39 is 12.1 Å². The van der Waals surface area contributed by atoms with Gasteiger partial charge in [0, 0.05) is 24.2 Å². The first-order valence-electron chi connectivity index (χ1n) is 17.2. The fourth-order valence-electron chi connectivity index (χ4n) is 6.56. The molecule has 1 aliphatic heterocycles. The molecule has 11 nitrogen and oxygen atoms in total. The number of hydrogen-bond acceptors (Lipinski definition) is 8. The van der Waals surface area contributed by atoms with Crippen LogP contribution < -0.4 is 21.6 Å². The van der Waals surface area contributed by atoms with Crippen LogP contribution in [0.3, 0.4) is 0 Å². The number of piperidine rings is 1. The van der Waals surface area contributed by atoms with Crippen LogP contribution in [0.5, 0.6) is 0 Å². The molecule has 6 N–H and O–H groups in total. The van der Waals surface area contributed by atoms with Gasteiger partial charge in [-0.1, -0.05) is 72.9 Å². The summed E-state index contributed by atoms with van der Waals surface area (Å²) < 4.78 is 0. The van der Waals surface area contributed by atoms with Gasteiger partial charge in [-0.25, -0.2) is 0 Å². The minimum atomic E-state index is -0.910. The van der Waals surface area contributed by atoms with Gasteiger partial charge in [0.15, 0.2) is 0 Å². The second-order valence-corrected chi connectivity index (χ2v) is 14.5. The Kier molecular flexibility index (Phi) is 15.5. The number of β-amino-alcohol motifs (C(OH)–C–C–N with tert-alkyl or cyclic N) is 1. The molecule has 2 fully saturated rings. The Labute approximate surface area is 286 Å². The van der Waals surface area contributed by atoms with Gasteiger partial charge in [-0.05, 0) is 90.3 Å². The molecule has 1 saturated heterocycles. The fourth-order valence-corrected chi connectivity index (χ4v) is 6.56. The van der Waals surface area contributed by atoms with Crippen molar-refractivity contribution in [1.82, 2.24) is 26.5 Å². The van der Waals surface area contributed by atoms with Crippen molar-refractivity contribution in [3.63, 3.8) is 0 Å². The van der Waals surface area contributed by atoms with Gasteiger partial charge in [-0.15, -0.1) is 0 Å². The number of aliphatic hydroxyl groups excluding tert-OH is 1. The summed E-state index contributed by atoms with van der Waals surface area (Å²) in [4.78, 5) is 45.6. The lowest BCUT2D eigenvalue weighted by Gasteiger charge is -2.47. The molecule has 0 bridgehead atoms. The molecule has 3 amide bonds. The van der Waals surface area contributed by atoms with Crippen molar-refractivity contribution in [3.8, 4) is 0 Å². The smallest absolute Gasteiger partial charge is 0.251 e. The first-order chi connectivity index (χ1) is 22.8. The van der Waals surface area contributed by atoms with Crippen LogP contribution in [0.15, 0.2) is 54.6 Å². The monoisotopic (exact) mass is 667 g/mol. The summed E-state index contributed by atoms with van der Waals surface area (Å²) in [5.41, 5.74) is 3.66. The maximum Gasteiger partial charge on any atom is 0.251 e. The molecule has 11 heteroatoms. The van der Waals surface area contributed by atoms with E-state index in [-0.39, 0.29) is 48.5 Å². The maximum atomic E-state index is 13.5. The van der Waals surface area contributed by atoms with Gasteiger partial charge in [0.1, 0.15) is 0 Å². The molecule has 1 aliphatic carbocycles. The predicted octanol–water partition coefficient (Wildman–Crippen LogP) is 3.91. The van der Waals surface area contributed by atoms with Crippen molar-refractivity contribution in [3.05, 3.63) is 71.3 Å². The third-order valence-corrected chi connectivity index (χ3v) is 8.81. The average Bonchev–Trinajstić information content (AvgIpc) is 3.03. The zero-order valence-corrected chi connectivity index (χ0v) is 29.5. The highest BCUT2D eigenvalue weighted by atomic mass is 16.8. The van der Waals surface area contributed by atoms with E-state index >= 15 is 0 Å². The van der Waals surface area contributed by atoms with Gasteiger partial charge in [0.2, 0.25) is 11.8 Å². The SMILES string of the molecule is CC(C)ONO.Cc1cccc(C(=O)NCC(=O)NC(Cc2ccccc2)C(O)CN2CC3CCCCC3CC2C(=O)NC(C)(C)C)c1. The molecular formula is C37H57N5O6.